The van der Waals surface area contributed by atoms with Gasteiger partial charge < -0.3 is 5.32 Å². The second-order valence-corrected chi connectivity index (χ2v) is 5.97. The summed E-state index contributed by atoms with van der Waals surface area (Å²) in [6.07, 6.45) is 0. The first-order valence-electron chi connectivity index (χ1n) is 6.10. The number of nitrogens with one attached hydrogen (secondary N) is 1. The van der Waals surface area contributed by atoms with Crippen molar-refractivity contribution in [3.8, 4) is 0 Å². The Balaban J connectivity index is 2.48. The predicted molar refractivity (Wildman–Crippen MR) is 74.4 cm³/mol. The Hall–Kier alpha value is -0.470. The molecule has 0 aliphatic carbocycles. The van der Waals surface area contributed by atoms with Crippen LogP contribution in [0.15, 0.2) is 29.2 Å². The molecule has 1 rings (SSSR count). The van der Waals surface area contributed by atoms with E-state index in [1.807, 2.05) is 11.8 Å². The SMILES string of the molecule is CCNCC(C)Sc1ccc(C(C)C)cc1. The molecule has 16 heavy (non-hydrogen) atoms. The van der Waals surface area contributed by atoms with Crippen LogP contribution in [-0.4, -0.2) is 18.3 Å². The Morgan fingerprint density at radius 3 is 2.25 bits per heavy atom. The van der Waals surface area contributed by atoms with Crippen molar-refractivity contribution in [3.63, 3.8) is 0 Å². The first kappa shape index (κ1) is 13.6. The molecule has 0 aliphatic heterocycles. The highest BCUT2D eigenvalue weighted by Crippen LogP contribution is 2.24. The normalized spacial score (nSPS) is 13.1. The zero-order valence-corrected chi connectivity index (χ0v) is 11.6. The van der Waals surface area contributed by atoms with Gasteiger partial charge in [-0.05, 0) is 30.2 Å². The average Bonchev–Trinajstić information content (AvgIpc) is 2.27. The maximum atomic E-state index is 3.38. The van der Waals surface area contributed by atoms with Crippen molar-refractivity contribution in [2.45, 2.75) is 43.8 Å². The van der Waals surface area contributed by atoms with Crippen LogP contribution in [0.1, 0.15) is 39.2 Å². The first-order chi connectivity index (χ1) is 7.63. The van der Waals surface area contributed by atoms with Gasteiger partial charge in [0.2, 0.25) is 0 Å². The molecule has 0 fully saturated rings. The average molecular weight is 237 g/mol. The Labute approximate surface area is 104 Å². The lowest BCUT2D eigenvalue weighted by Crippen LogP contribution is -2.21. The third kappa shape index (κ3) is 4.58. The topological polar surface area (TPSA) is 12.0 Å². The molecule has 0 aliphatic rings. The minimum Gasteiger partial charge on any atom is -0.316 e. The minimum atomic E-state index is 0.623. The highest BCUT2D eigenvalue weighted by molar-refractivity contribution is 8.00. The molecule has 1 aromatic carbocycles. The molecule has 0 bridgehead atoms. The Kier molecular flexibility index (Phi) is 5.93. The third-order valence-corrected chi connectivity index (χ3v) is 3.68. The number of hydrogen-bond donors (Lipinski definition) is 1. The van der Waals surface area contributed by atoms with E-state index in [1.54, 1.807) is 0 Å². The molecule has 0 heterocycles. The maximum absolute atomic E-state index is 3.38. The standard InChI is InChI=1S/C14H23NS/c1-5-15-10-12(4)16-14-8-6-13(7-9-14)11(2)3/h6-9,11-12,15H,5,10H2,1-4H3. The molecule has 0 saturated carbocycles. The molecule has 1 nitrogen and oxygen atoms in total. The van der Waals surface area contributed by atoms with Gasteiger partial charge in [0.25, 0.3) is 0 Å². The number of thioether (sulfide) groups is 1. The van der Waals surface area contributed by atoms with Gasteiger partial charge in [-0.1, -0.05) is 39.8 Å². The van der Waals surface area contributed by atoms with Gasteiger partial charge >= 0.3 is 0 Å². The van der Waals surface area contributed by atoms with Crippen molar-refractivity contribution < 1.29 is 0 Å². The van der Waals surface area contributed by atoms with Gasteiger partial charge in [0.05, 0.1) is 0 Å². The lowest BCUT2D eigenvalue weighted by atomic mass is 10.0. The molecular weight excluding hydrogens is 214 g/mol. The van der Waals surface area contributed by atoms with Crippen LogP contribution < -0.4 is 5.32 Å². The zero-order chi connectivity index (χ0) is 12.0. The predicted octanol–water partition coefficient (Wildman–Crippen LogP) is 3.90. The summed E-state index contributed by atoms with van der Waals surface area (Å²) in [7, 11) is 0. The number of rotatable bonds is 6. The van der Waals surface area contributed by atoms with Crippen molar-refractivity contribution in [3.05, 3.63) is 29.8 Å². The van der Waals surface area contributed by atoms with Gasteiger partial charge in [-0.2, -0.15) is 0 Å². The fourth-order valence-electron chi connectivity index (χ4n) is 1.55. The van der Waals surface area contributed by atoms with Gasteiger partial charge in [0.15, 0.2) is 0 Å². The van der Waals surface area contributed by atoms with E-state index in [-0.39, 0.29) is 0 Å². The first-order valence-corrected chi connectivity index (χ1v) is 6.98. The van der Waals surface area contributed by atoms with E-state index in [0.29, 0.717) is 11.2 Å². The van der Waals surface area contributed by atoms with Gasteiger partial charge in [-0.3, -0.25) is 0 Å². The van der Waals surface area contributed by atoms with E-state index in [1.165, 1.54) is 10.5 Å². The van der Waals surface area contributed by atoms with Gasteiger partial charge in [0.1, 0.15) is 0 Å². The quantitative estimate of drug-likeness (QED) is 0.753. The molecule has 0 radical (unpaired) electrons. The van der Waals surface area contributed by atoms with E-state index in [0.717, 1.165) is 13.1 Å². The molecule has 1 aromatic rings. The number of benzene rings is 1. The van der Waals surface area contributed by atoms with Gasteiger partial charge in [0, 0.05) is 16.7 Å². The van der Waals surface area contributed by atoms with Crippen molar-refractivity contribution in [1.29, 1.82) is 0 Å². The van der Waals surface area contributed by atoms with E-state index < -0.39 is 0 Å². The van der Waals surface area contributed by atoms with Crippen LogP contribution in [0.25, 0.3) is 0 Å². The molecule has 90 valence electrons. The van der Waals surface area contributed by atoms with Crippen LogP contribution in [0.2, 0.25) is 0 Å². The van der Waals surface area contributed by atoms with Crippen LogP contribution in [0.4, 0.5) is 0 Å². The minimum absolute atomic E-state index is 0.623. The largest absolute Gasteiger partial charge is 0.316 e. The van der Waals surface area contributed by atoms with Gasteiger partial charge in [-0.15, -0.1) is 11.8 Å². The Bertz CT molecular complexity index is 292. The van der Waals surface area contributed by atoms with E-state index in [4.69, 9.17) is 0 Å². The summed E-state index contributed by atoms with van der Waals surface area (Å²) in [6, 6.07) is 8.96. The smallest absolute Gasteiger partial charge is 0.0191 e. The van der Waals surface area contributed by atoms with E-state index in [9.17, 15) is 0 Å². The van der Waals surface area contributed by atoms with Crippen LogP contribution in [0.3, 0.4) is 0 Å². The summed E-state index contributed by atoms with van der Waals surface area (Å²) >= 11 is 1.94. The molecule has 1 unspecified atom stereocenters. The summed E-state index contributed by atoms with van der Waals surface area (Å²) in [5.41, 5.74) is 1.42. The summed E-state index contributed by atoms with van der Waals surface area (Å²) in [4.78, 5) is 1.37. The summed E-state index contributed by atoms with van der Waals surface area (Å²) in [6.45, 7) is 11.0. The highest BCUT2D eigenvalue weighted by atomic mass is 32.2. The molecular formula is C14H23NS. The molecule has 1 N–H and O–H groups in total. The van der Waals surface area contributed by atoms with Crippen molar-refractivity contribution >= 4 is 11.8 Å². The second kappa shape index (κ2) is 6.97. The molecule has 1 atom stereocenters. The van der Waals surface area contributed by atoms with Crippen molar-refractivity contribution in [2.75, 3.05) is 13.1 Å². The zero-order valence-electron chi connectivity index (χ0n) is 10.8. The Morgan fingerprint density at radius 1 is 1.12 bits per heavy atom. The lowest BCUT2D eigenvalue weighted by molar-refractivity contribution is 0.713. The summed E-state index contributed by atoms with van der Waals surface area (Å²) in [5.74, 6) is 0.623. The third-order valence-electron chi connectivity index (χ3n) is 2.57. The molecule has 2 heteroatoms. The lowest BCUT2D eigenvalue weighted by Gasteiger charge is -2.12. The number of hydrogen-bond acceptors (Lipinski definition) is 2. The van der Waals surface area contributed by atoms with Crippen LogP contribution >= 0.6 is 11.8 Å². The Morgan fingerprint density at radius 2 is 1.75 bits per heavy atom. The monoisotopic (exact) mass is 237 g/mol. The fraction of sp³-hybridized carbons (Fsp3) is 0.571. The molecule has 0 aromatic heterocycles. The second-order valence-electron chi connectivity index (χ2n) is 4.46. The molecule has 0 amide bonds. The van der Waals surface area contributed by atoms with Crippen LogP contribution in [-0.2, 0) is 0 Å². The van der Waals surface area contributed by atoms with Crippen LogP contribution in [0.5, 0.6) is 0 Å². The summed E-state index contributed by atoms with van der Waals surface area (Å²) in [5, 5.41) is 4.01. The highest BCUT2D eigenvalue weighted by Gasteiger charge is 2.04. The van der Waals surface area contributed by atoms with Crippen molar-refractivity contribution in [2.24, 2.45) is 0 Å². The summed E-state index contributed by atoms with van der Waals surface area (Å²) < 4.78 is 0. The molecule has 0 spiro atoms. The van der Waals surface area contributed by atoms with E-state index >= 15 is 0 Å². The maximum Gasteiger partial charge on any atom is 0.0191 e. The van der Waals surface area contributed by atoms with E-state index in [2.05, 4.69) is 57.3 Å². The fourth-order valence-corrected chi connectivity index (χ4v) is 2.51. The van der Waals surface area contributed by atoms with Crippen LogP contribution in [0, 0.1) is 0 Å². The van der Waals surface area contributed by atoms with Crippen molar-refractivity contribution in [1.82, 2.24) is 5.32 Å². The molecule has 0 saturated heterocycles. The van der Waals surface area contributed by atoms with Gasteiger partial charge in [-0.25, -0.2) is 0 Å².